The second-order valence-corrected chi connectivity index (χ2v) is 5.18. The smallest absolute Gasteiger partial charge is 0.339 e. The van der Waals surface area contributed by atoms with Crippen LogP contribution in [0.5, 0.6) is 0 Å². The molecular formula is C15H22N2O2. The lowest BCUT2D eigenvalue weighted by molar-refractivity contribution is 0.0526. The molecule has 19 heavy (non-hydrogen) atoms. The minimum atomic E-state index is -0.304. The molecule has 0 aliphatic carbocycles. The molecule has 1 saturated heterocycles. The van der Waals surface area contributed by atoms with Crippen molar-refractivity contribution in [2.45, 2.75) is 39.7 Å². The molecule has 4 heteroatoms. The van der Waals surface area contributed by atoms with Crippen LogP contribution in [0.4, 0.5) is 5.82 Å². The zero-order valence-corrected chi connectivity index (χ0v) is 11.9. The SMILES string of the molecule is CCOC(=O)c1ccc(N2CCCC(C)C2C)nc1. The predicted molar refractivity (Wildman–Crippen MR) is 75.4 cm³/mol. The average Bonchev–Trinajstić information content (AvgIpc) is 2.42. The van der Waals surface area contributed by atoms with Gasteiger partial charge in [0.05, 0.1) is 12.2 Å². The molecule has 1 aliphatic rings. The Labute approximate surface area is 114 Å². The molecule has 0 aromatic carbocycles. The highest BCUT2D eigenvalue weighted by molar-refractivity contribution is 5.89. The van der Waals surface area contributed by atoms with Crippen molar-refractivity contribution in [3.63, 3.8) is 0 Å². The number of anilines is 1. The number of nitrogens with zero attached hydrogens (tertiary/aromatic N) is 2. The van der Waals surface area contributed by atoms with Crippen LogP contribution in [0, 0.1) is 5.92 Å². The van der Waals surface area contributed by atoms with Crippen molar-refractivity contribution in [3.8, 4) is 0 Å². The molecule has 0 bridgehead atoms. The van der Waals surface area contributed by atoms with Crippen molar-refractivity contribution in [1.82, 2.24) is 4.98 Å². The highest BCUT2D eigenvalue weighted by Crippen LogP contribution is 2.27. The first-order chi connectivity index (χ1) is 9.13. The Morgan fingerprint density at radius 2 is 2.26 bits per heavy atom. The summed E-state index contributed by atoms with van der Waals surface area (Å²) in [6.07, 6.45) is 4.09. The zero-order valence-electron chi connectivity index (χ0n) is 11.9. The van der Waals surface area contributed by atoms with E-state index in [1.807, 2.05) is 6.07 Å². The molecule has 2 heterocycles. The van der Waals surface area contributed by atoms with Crippen LogP contribution in [0.15, 0.2) is 18.3 Å². The number of aromatic nitrogens is 1. The van der Waals surface area contributed by atoms with Crippen molar-refractivity contribution >= 4 is 11.8 Å². The minimum Gasteiger partial charge on any atom is -0.462 e. The summed E-state index contributed by atoms with van der Waals surface area (Å²) in [5, 5.41) is 0. The molecule has 2 unspecified atom stereocenters. The third kappa shape index (κ3) is 3.06. The minimum absolute atomic E-state index is 0.304. The fourth-order valence-electron chi connectivity index (χ4n) is 2.55. The Morgan fingerprint density at radius 3 is 2.89 bits per heavy atom. The molecule has 0 N–H and O–H groups in total. The molecule has 2 atom stereocenters. The third-order valence-electron chi connectivity index (χ3n) is 3.93. The number of ether oxygens (including phenoxy) is 1. The van der Waals surface area contributed by atoms with Crippen molar-refractivity contribution < 1.29 is 9.53 Å². The van der Waals surface area contributed by atoms with Gasteiger partial charge in [-0.1, -0.05) is 6.92 Å². The summed E-state index contributed by atoms with van der Waals surface area (Å²) < 4.78 is 4.96. The molecular weight excluding hydrogens is 240 g/mol. The number of piperidine rings is 1. The van der Waals surface area contributed by atoms with E-state index >= 15 is 0 Å². The molecule has 0 spiro atoms. The summed E-state index contributed by atoms with van der Waals surface area (Å²) in [4.78, 5) is 18.3. The van der Waals surface area contributed by atoms with E-state index in [0.29, 0.717) is 24.1 Å². The summed E-state index contributed by atoms with van der Waals surface area (Å²) in [6, 6.07) is 4.21. The average molecular weight is 262 g/mol. The van der Waals surface area contributed by atoms with Gasteiger partial charge in [-0.2, -0.15) is 0 Å². The van der Waals surface area contributed by atoms with Crippen LogP contribution < -0.4 is 4.90 Å². The topological polar surface area (TPSA) is 42.4 Å². The third-order valence-corrected chi connectivity index (χ3v) is 3.93. The van der Waals surface area contributed by atoms with E-state index in [0.717, 1.165) is 12.4 Å². The number of hydrogen-bond acceptors (Lipinski definition) is 4. The molecule has 1 fully saturated rings. The molecule has 1 aliphatic heterocycles. The Morgan fingerprint density at radius 1 is 1.47 bits per heavy atom. The predicted octanol–water partition coefficient (Wildman–Crippen LogP) is 2.88. The second kappa shape index (κ2) is 6.04. The van der Waals surface area contributed by atoms with E-state index in [1.54, 1.807) is 19.2 Å². The van der Waals surface area contributed by atoms with Gasteiger partial charge in [-0.15, -0.1) is 0 Å². The Balaban J connectivity index is 2.11. The Kier molecular flexibility index (Phi) is 4.40. The largest absolute Gasteiger partial charge is 0.462 e. The number of pyridine rings is 1. The van der Waals surface area contributed by atoms with Gasteiger partial charge in [-0.25, -0.2) is 9.78 Å². The molecule has 0 radical (unpaired) electrons. The number of rotatable bonds is 3. The van der Waals surface area contributed by atoms with Gasteiger partial charge >= 0.3 is 5.97 Å². The van der Waals surface area contributed by atoms with Crippen LogP contribution in [0.2, 0.25) is 0 Å². The molecule has 0 amide bonds. The van der Waals surface area contributed by atoms with Crippen LogP contribution in [0.1, 0.15) is 44.0 Å². The lowest BCUT2D eigenvalue weighted by atomic mass is 9.92. The van der Waals surface area contributed by atoms with Gasteiger partial charge in [-0.05, 0) is 44.7 Å². The zero-order chi connectivity index (χ0) is 13.8. The Bertz CT molecular complexity index is 430. The fourth-order valence-corrected chi connectivity index (χ4v) is 2.55. The van der Waals surface area contributed by atoms with Crippen LogP contribution in [0.3, 0.4) is 0 Å². The fraction of sp³-hybridized carbons (Fsp3) is 0.600. The van der Waals surface area contributed by atoms with Crippen LogP contribution in [-0.4, -0.2) is 30.1 Å². The van der Waals surface area contributed by atoms with E-state index in [2.05, 4.69) is 23.7 Å². The standard InChI is InChI=1S/C15H22N2O2/c1-4-19-15(18)13-7-8-14(16-10-13)17-9-5-6-11(2)12(17)3/h7-8,10-12H,4-6,9H2,1-3H3. The van der Waals surface area contributed by atoms with Crippen molar-refractivity contribution in [2.24, 2.45) is 5.92 Å². The van der Waals surface area contributed by atoms with Gasteiger partial charge in [-0.3, -0.25) is 0 Å². The number of carbonyl (C=O) groups excluding carboxylic acids is 1. The van der Waals surface area contributed by atoms with Crippen molar-refractivity contribution in [1.29, 1.82) is 0 Å². The molecule has 4 nitrogen and oxygen atoms in total. The molecule has 104 valence electrons. The number of esters is 1. The molecule has 1 aromatic rings. The van der Waals surface area contributed by atoms with Gasteiger partial charge in [0.1, 0.15) is 5.82 Å². The first-order valence-corrected chi connectivity index (χ1v) is 7.03. The van der Waals surface area contributed by atoms with Gasteiger partial charge in [0.2, 0.25) is 0 Å². The Hall–Kier alpha value is -1.58. The van der Waals surface area contributed by atoms with Crippen LogP contribution >= 0.6 is 0 Å². The van der Waals surface area contributed by atoms with Gasteiger partial charge in [0.15, 0.2) is 0 Å². The van der Waals surface area contributed by atoms with E-state index in [9.17, 15) is 4.79 Å². The summed E-state index contributed by atoms with van der Waals surface area (Å²) in [5.41, 5.74) is 0.517. The lowest BCUT2D eigenvalue weighted by Gasteiger charge is -2.38. The van der Waals surface area contributed by atoms with Crippen molar-refractivity contribution in [2.75, 3.05) is 18.1 Å². The van der Waals surface area contributed by atoms with E-state index in [4.69, 9.17) is 4.74 Å². The number of hydrogen-bond donors (Lipinski definition) is 0. The highest BCUT2D eigenvalue weighted by Gasteiger charge is 2.25. The summed E-state index contributed by atoms with van der Waals surface area (Å²) in [7, 11) is 0. The maximum absolute atomic E-state index is 11.6. The first-order valence-electron chi connectivity index (χ1n) is 7.03. The van der Waals surface area contributed by atoms with E-state index in [1.165, 1.54) is 12.8 Å². The number of carbonyl (C=O) groups is 1. The highest BCUT2D eigenvalue weighted by atomic mass is 16.5. The first kappa shape index (κ1) is 13.8. The normalized spacial score (nSPS) is 23.2. The van der Waals surface area contributed by atoms with Crippen LogP contribution in [0.25, 0.3) is 0 Å². The van der Waals surface area contributed by atoms with Gasteiger partial charge < -0.3 is 9.64 Å². The monoisotopic (exact) mass is 262 g/mol. The van der Waals surface area contributed by atoms with Gasteiger partial charge in [0.25, 0.3) is 0 Å². The summed E-state index contributed by atoms with van der Waals surface area (Å²) in [6.45, 7) is 7.75. The summed E-state index contributed by atoms with van der Waals surface area (Å²) in [5.74, 6) is 1.33. The lowest BCUT2D eigenvalue weighted by Crippen LogP contribution is -2.42. The maximum atomic E-state index is 11.6. The molecule has 1 aromatic heterocycles. The van der Waals surface area contributed by atoms with E-state index in [-0.39, 0.29) is 5.97 Å². The quantitative estimate of drug-likeness (QED) is 0.786. The molecule has 0 saturated carbocycles. The maximum Gasteiger partial charge on any atom is 0.339 e. The van der Waals surface area contributed by atoms with E-state index < -0.39 is 0 Å². The van der Waals surface area contributed by atoms with Crippen molar-refractivity contribution in [3.05, 3.63) is 23.9 Å². The second-order valence-electron chi connectivity index (χ2n) is 5.18. The van der Waals surface area contributed by atoms with Gasteiger partial charge in [0, 0.05) is 18.8 Å². The molecule has 2 rings (SSSR count). The van der Waals surface area contributed by atoms with Crippen LogP contribution in [-0.2, 0) is 4.74 Å². The summed E-state index contributed by atoms with van der Waals surface area (Å²) >= 11 is 0.